The van der Waals surface area contributed by atoms with Crippen molar-refractivity contribution in [3.8, 4) is 10.6 Å². The lowest BCUT2D eigenvalue weighted by Crippen LogP contribution is -2.36. The molecule has 3 atom stereocenters. The van der Waals surface area contributed by atoms with E-state index in [1.165, 1.54) is 23.5 Å². The summed E-state index contributed by atoms with van der Waals surface area (Å²) in [5.74, 6) is 0.643. The van der Waals surface area contributed by atoms with Crippen LogP contribution in [0.4, 0.5) is 18.0 Å². The molecule has 0 spiro atoms. The molecule has 28 heavy (non-hydrogen) atoms. The predicted octanol–water partition coefficient (Wildman–Crippen LogP) is 4.20. The van der Waals surface area contributed by atoms with Crippen LogP contribution in [0.1, 0.15) is 37.4 Å². The summed E-state index contributed by atoms with van der Waals surface area (Å²) in [6.45, 7) is 6.60. The molecule has 0 N–H and O–H groups in total. The van der Waals surface area contributed by atoms with Gasteiger partial charge in [-0.1, -0.05) is 11.3 Å². The SMILES string of the molecule is CC(C)(C)OC(=O)N1C[C@@H]2C(c3nnc(-c4cccnc4C(F)(F)F)s3)[C@@H]2C1. The molecule has 150 valence electrons. The average molecular weight is 412 g/mol. The number of pyridine rings is 1. The third kappa shape index (κ3) is 3.57. The maximum absolute atomic E-state index is 13.2. The molecule has 1 unspecified atom stereocenters. The van der Waals surface area contributed by atoms with Crippen molar-refractivity contribution < 1.29 is 22.7 Å². The number of piperidine rings is 1. The van der Waals surface area contributed by atoms with E-state index in [4.69, 9.17) is 4.74 Å². The summed E-state index contributed by atoms with van der Waals surface area (Å²) in [6, 6.07) is 2.81. The zero-order valence-corrected chi connectivity index (χ0v) is 16.3. The molecule has 2 aromatic heterocycles. The quantitative estimate of drug-likeness (QED) is 0.740. The first-order valence-electron chi connectivity index (χ1n) is 8.88. The Bertz CT molecular complexity index is 897. The molecule has 2 aliphatic rings. The Labute approximate surface area is 163 Å². The van der Waals surface area contributed by atoms with E-state index in [-0.39, 0.29) is 34.4 Å². The van der Waals surface area contributed by atoms with Gasteiger partial charge in [-0.15, -0.1) is 10.2 Å². The molecule has 1 saturated heterocycles. The number of ether oxygens (including phenoxy) is 1. The summed E-state index contributed by atoms with van der Waals surface area (Å²) in [5.41, 5.74) is -1.55. The van der Waals surface area contributed by atoms with Crippen LogP contribution < -0.4 is 0 Å². The van der Waals surface area contributed by atoms with Gasteiger partial charge in [0.25, 0.3) is 0 Å². The summed E-state index contributed by atoms with van der Waals surface area (Å²) >= 11 is 1.17. The van der Waals surface area contributed by atoms with Crippen LogP contribution in [0.2, 0.25) is 0 Å². The van der Waals surface area contributed by atoms with E-state index in [1.54, 1.807) is 4.90 Å². The fourth-order valence-corrected chi connectivity index (χ4v) is 4.77. The topological polar surface area (TPSA) is 68.2 Å². The lowest BCUT2D eigenvalue weighted by Gasteiger charge is -2.25. The second-order valence-corrected chi connectivity index (χ2v) is 9.09. The van der Waals surface area contributed by atoms with Crippen LogP contribution in [0.15, 0.2) is 18.3 Å². The molecule has 2 aromatic rings. The molecular weight excluding hydrogens is 393 g/mol. The number of carbonyl (C=O) groups excluding carboxylic acids is 1. The molecule has 1 amide bonds. The van der Waals surface area contributed by atoms with Gasteiger partial charge in [-0.05, 0) is 44.7 Å². The van der Waals surface area contributed by atoms with Crippen molar-refractivity contribution in [3.05, 3.63) is 29.0 Å². The Morgan fingerprint density at radius 1 is 1.21 bits per heavy atom. The van der Waals surface area contributed by atoms with E-state index in [0.717, 1.165) is 6.20 Å². The summed E-state index contributed by atoms with van der Waals surface area (Å²) < 4.78 is 44.9. The minimum Gasteiger partial charge on any atom is -0.444 e. The molecule has 1 aliphatic heterocycles. The Morgan fingerprint density at radius 2 is 1.89 bits per heavy atom. The van der Waals surface area contributed by atoms with Gasteiger partial charge in [-0.2, -0.15) is 13.2 Å². The third-order valence-corrected chi connectivity index (χ3v) is 5.94. The van der Waals surface area contributed by atoms with Gasteiger partial charge in [0.05, 0.1) is 0 Å². The van der Waals surface area contributed by atoms with E-state index in [1.807, 2.05) is 20.8 Å². The van der Waals surface area contributed by atoms with Gasteiger partial charge in [0.1, 0.15) is 15.6 Å². The monoisotopic (exact) mass is 412 g/mol. The number of fused-ring (bicyclic) bond motifs is 1. The largest absolute Gasteiger partial charge is 0.444 e. The molecule has 0 radical (unpaired) electrons. The van der Waals surface area contributed by atoms with Crippen LogP contribution in [0, 0.1) is 11.8 Å². The molecule has 10 heteroatoms. The smallest absolute Gasteiger partial charge is 0.434 e. The molecule has 4 rings (SSSR count). The minimum atomic E-state index is -4.55. The summed E-state index contributed by atoms with van der Waals surface area (Å²) in [6.07, 6.45) is -3.77. The Hall–Kier alpha value is -2.23. The number of likely N-dealkylation sites (tertiary alicyclic amines) is 1. The number of hydrogen-bond acceptors (Lipinski definition) is 6. The van der Waals surface area contributed by atoms with Crippen molar-refractivity contribution in [1.29, 1.82) is 0 Å². The van der Waals surface area contributed by atoms with Crippen molar-refractivity contribution in [1.82, 2.24) is 20.1 Å². The summed E-state index contributed by atoms with van der Waals surface area (Å²) in [5, 5.41) is 9.03. The Morgan fingerprint density at radius 3 is 2.50 bits per heavy atom. The average Bonchev–Trinajstić information content (AvgIpc) is 2.99. The molecule has 6 nitrogen and oxygen atoms in total. The maximum atomic E-state index is 13.2. The first kappa shape index (κ1) is 19.1. The Balaban J connectivity index is 1.46. The number of hydrogen-bond donors (Lipinski definition) is 0. The molecule has 0 aromatic carbocycles. The third-order valence-electron chi connectivity index (χ3n) is 4.88. The van der Waals surface area contributed by atoms with Crippen molar-refractivity contribution in [2.75, 3.05) is 13.1 Å². The van der Waals surface area contributed by atoms with Crippen molar-refractivity contribution in [2.24, 2.45) is 11.8 Å². The molecule has 3 heterocycles. The predicted molar refractivity (Wildman–Crippen MR) is 95.7 cm³/mol. The van der Waals surface area contributed by atoms with Gasteiger partial charge in [0.2, 0.25) is 0 Å². The van der Waals surface area contributed by atoms with E-state index < -0.39 is 17.5 Å². The zero-order chi connectivity index (χ0) is 20.3. The van der Waals surface area contributed by atoms with Gasteiger partial charge in [0, 0.05) is 30.8 Å². The first-order chi connectivity index (χ1) is 13.0. The van der Waals surface area contributed by atoms with Crippen molar-refractivity contribution >= 4 is 17.4 Å². The first-order valence-corrected chi connectivity index (χ1v) is 9.70. The van der Waals surface area contributed by atoms with Crippen LogP contribution in [-0.4, -0.2) is 44.9 Å². The van der Waals surface area contributed by atoms with Gasteiger partial charge in [-0.3, -0.25) is 4.98 Å². The number of nitrogens with zero attached hydrogens (tertiary/aromatic N) is 4. The highest BCUT2D eigenvalue weighted by atomic mass is 32.1. The highest BCUT2D eigenvalue weighted by Crippen LogP contribution is 2.59. The second-order valence-electron chi connectivity index (χ2n) is 8.08. The van der Waals surface area contributed by atoms with Crippen LogP contribution in [0.25, 0.3) is 10.6 Å². The standard InChI is InChI=1S/C18H19F3N4O2S/c1-17(2,3)27-16(26)25-7-10-11(8-25)12(10)15-24-23-14(28-15)9-5-4-6-22-13(9)18(19,20)21/h4-6,10-12H,7-8H2,1-3H3/t10-,11+,12?. The zero-order valence-electron chi connectivity index (χ0n) is 15.5. The fraction of sp³-hybridized carbons (Fsp3) is 0.556. The maximum Gasteiger partial charge on any atom is 0.434 e. The number of halogens is 3. The number of amides is 1. The highest BCUT2D eigenvalue weighted by Gasteiger charge is 2.59. The van der Waals surface area contributed by atoms with E-state index in [0.29, 0.717) is 18.1 Å². The minimum absolute atomic E-state index is 0.0556. The van der Waals surface area contributed by atoms with E-state index >= 15 is 0 Å². The molecule has 2 fully saturated rings. The summed E-state index contributed by atoms with van der Waals surface area (Å²) in [4.78, 5) is 17.3. The van der Waals surface area contributed by atoms with Gasteiger partial charge in [0.15, 0.2) is 5.69 Å². The highest BCUT2D eigenvalue weighted by molar-refractivity contribution is 7.14. The van der Waals surface area contributed by atoms with Crippen LogP contribution in [0.3, 0.4) is 0 Å². The van der Waals surface area contributed by atoms with Gasteiger partial charge in [-0.25, -0.2) is 4.79 Å². The van der Waals surface area contributed by atoms with Crippen LogP contribution in [-0.2, 0) is 10.9 Å². The number of aromatic nitrogens is 3. The van der Waals surface area contributed by atoms with Crippen molar-refractivity contribution in [2.45, 2.75) is 38.5 Å². The van der Waals surface area contributed by atoms with Crippen LogP contribution >= 0.6 is 11.3 Å². The molecular formula is C18H19F3N4O2S. The molecule has 1 saturated carbocycles. The van der Waals surface area contributed by atoms with E-state index in [2.05, 4.69) is 15.2 Å². The second kappa shape index (κ2) is 6.40. The van der Waals surface area contributed by atoms with Gasteiger partial charge < -0.3 is 9.64 Å². The number of rotatable bonds is 2. The fourth-order valence-electron chi connectivity index (χ4n) is 3.65. The normalized spacial score (nSPS) is 24.2. The number of carbonyl (C=O) groups is 1. The summed E-state index contributed by atoms with van der Waals surface area (Å²) in [7, 11) is 0. The Kier molecular flexibility index (Phi) is 4.36. The molecule has 1 aliphatic carbocycles. The molecule has 0 bridgehead atoms. The van der Waals surface area contributed by atoms with Gasteiger partial charge >= 0.3 is 12.3 Å². The van der Waals surface area contributed by atoms with Crippen molar-refractivity contribution in [3.63, 3.8) is 0 Å². The lowest BCUT2D eigenvalue weighted by molar-refractivity contribution is -0.140. The van der Waals surface area contributed by atoms with Crippen LogP contribution in [0.5, 0.6) is 0 Å². The lowest BCUT2D eigenvalue weighted by atomic mass is 10.2. The number of alkyl halides is 3. The van der Waals surface area contributed by atoms with E-state index in [9.17, 15) is 18.0 Å².